The first-order chi connectivity index (χ1) is 28.3. The quantitative estimate of drug-likeness (QED) is 0.123. The van der Waals surface area contributed by atoms with Gasteiger partial charge in [0.05, 0.1) is 0 Å². The van der Waals surface area contributed by atoms with Crippen LogP contribution in [0.25, 0.3) is 118 Å². The third-order valence-corrected chi connectivity index (χ3v) is 14.6. The van der Waals surface area contributed by atoms with Crippen molar-refractivity contribution in [2.45, 2.75) is 0 Å². The van der Waals surface area contributed by atoms with Gasteiger partial charge in [0.1, 0.15) is 0 Å². The fraction of sp³-hybridized carbons (Fsp3) is 0. The molecule has 0 spiro atoms. The van der Waals surface area contributed by atoms with Crippen LogP contribution in [0, 0.1) is 0 Å². The molecule has 264 valence electrons. The van der Waals surface area contributed by atoms with Crippen LogP contribution >= 0.6 is 0 Å². The first kappa shape index (κ1) is 32.5. The zero-order valence-corrected chi connectivity index (χ0v) is 32.8. The van der Waals surface area contributed by atoms with Crippen molar-refractivity contribution < 1.29 is 0 Å². The van der Waals surface area contributed by atoms with Gasteiger partial charge in [0.15, 0.2) is 0 Å². The van der Waals surface area contributed by atoms with E-state index < -0.39 is 0 Å². The van der Waals surface area contributed by atoms with Crippen LogP contribution < -0.4 is 0 Å². The summed E-state index contributed by atoms with van der Waals surface area (Å²) in [6.07, 6.45) is 0. The Morgan fingerprint density at radius 2 is 0.667 bits per heavy atom. The summed E-state index contributed by atoms with van der Waals surface area (Å²) in [5.41, 5.74) is 10.4. The van der Waals surface area contributed by atoms with Gasteiger partial charge in [-0.3, -0.25) is 0 Å². The molecule has 0 saturated carbocycles. The molecule has 0 aliphatic carbocycles. The van der Waals surface area contributed by atoms with Crippen LogP contribution in [0.3, 0.4) is 0 Å². The molecule has 0 bridgehead atoms. The maximum absolute atomic E-state index is 2.51. The molecular weight excluding hydrogens is 752 g/mol. The van der Waals surface area contributed by atoms with Gasteiger partial charge in [-0.2, -0.15) is 0 Å². The third kappa shape index (κ3) is 4.93. The molecule has 1 heterocycles. The van der Waals surface area contributed by atoms with Crippen LogP contribution in [0.2, 0.25) is 0 Å². The van der Waals surface area contributed by atoms with E-state index in [9.17, 15) is 0 Å². The zero-order valence-electron chi connectivity index (χ0n) is 31.0. The zero-order chi connectivity index (χ0) is 37.5. The topological polar surface area (TPSA) is 0 Å². The van der Waals surface area contributed by atoms with Crippen molar-refractivity contribution in [2.24, 2.45) is 0 Å². The van der Waals surface area contributed by atoms with E-state index in [-0.39, 0.29) is 14.5 Å². The molecule has 1 aromatic heterocycles. The fourth-order valence-electron chi connectivity index (χ4n) is 9.66. The first-order valence-corrected chi connectivity index (χ1v) is 21.4. The average molecular weight is 786 g/mol. The molecule has 0 radical (unpaired) electrons. The molecule has 11 aromatic carbocycles. The summed E-state index contributed by atoms with van der Waals surface area (Å²) in [6.45, 7) is 0. The minimum atomic E-state index is 0.117. The van der Waals surface area contributed by atoms with Gasteiger partial charge in [0.25, 0.3) is 0 Å². The molecule has 1 heteroatoms. The monoisotopic (exact) mass is 786 g/mol. The minimum absolute atomic E-state index is 0.117. The molecule has 0 atom stereocenters. The Morgan fingerprint density at radius 1 is 0.246 bits per heavy atom. The summed E-state index contributed by atoms with van der Waals surface area (Å²) >= 11 is 0.117. The number of benzene rings is 11. The van der Waals surface area contributed by atoms with Gasteiger partial charge in [0.2, 0.25) is 0 Å². The SMILES string of the molecule is c1ccc(-c2c3ccccc3c(-c3cccc4c3[se]c3cc(-c5c6ccccc6c(-c6cccc7ccccc67)c6ccccc56)ccc34)c3ccccc23)cc1. The molecule has 0 unspecified atom stereocenters. The molecule has 0 fully saturated rings. The van der Waals surface area contributed by atoms with E-state index in [1.54, 1.807) is 0 Å². The normalized spacial score (nSPS) is 11.9. The van der Waals surface area contributed by atoms with Gasteiger partial charge in [-0.15, -0.1) is 0 Å². The van der Waals surface area contributed by atoms with Crippen molar-refractivity contribution in [3.8, 4) is 44.5 Å². The van der Waals surface area contributed by atoms with Gasteiger partial charge in [-0.1, -0.05) is 0 Å². The van der Waals surface area contributed by atoms with Crippen molar-refractivity contribution in [2.75, 3.05) is 0 Å². The summed E-state index contributed by atoms with van der Waals surface area (Å²) in [6, 6.07) is 76.8. The molecule has 0 saturated heterocycles. The van der Waals surface area contributed by atoms with E-state index in [1.807, 2.05) is 0 Å². The molecule has 0 N–H and O–H groups in total. The van der Waals surface area contributed by atoms with E-state index in [1.165, 1.54) is 118 Å². The van der Waals surface area contributed by atoms with Crippen molar-refractivity contribution in [1.29, 1.82) is 0 Å². The number of hydrogen-bond acceptors (Lipinski definition) is 0. The molecule has 0 nitrogen and oxygen atoms in total. The summed E-state index contributed by atoms with van der Waals surface area (Å²) in [4.78, 5) is 0. The van der Waals surface area contributed by atoms with Gasteiger partial charge in [-0.25, -0.2) is 0 Å². The van der Waals surface area contributed by atoms with Crippen molar-refractivity contribution >= 4 is 87.7 Å². The number of rotatable bonds is 4. The second-order valence-electron chi connectivity index (χ2n) is 15.1. The van der Waals surface area contributed by atoms with E-state index >= 15 is 0 Å². The van der Waals surface area contributed by atoms with Crippen molar-refractivity contribution in [1.82, 2.24) is 0 Å². The summed E-state index contributed by atoms with van der Waals surface area (Å²) in [5, 5.41) is 15.7. The summed E-state index contributed by atoms with van der Waals surface area (Å²) in [7, 11) is 0. The average Bonchev–Trinajstić information content (AvgIpc) is 3.66. The molecule has 12 aromatic rings. The van der Waals surface area contributed by atoms with Gasteiger partial charge in [-0.05, 0) is 0 Å². The van der Waals surface area contributed by atoms with Crippen LogP contribution in [-0.2, 0) is 0 Å². The van der Waals surface area contributed by atoms with Crippen LogP contribution in [0.5, 0.6) is 0 Å². The van der Waals surface area contributed by atoms with Crippen molar-refractivity contribution in [3.63, 3.8) is 0 Å². The standard InChI is InChI=1S/C56H34Se/c1-2-17-36(18-3-1)52-41-21-6-12-27-47(41)55(48-28-13-7-22-42(48)52)50-31-15-30-49-39-33-32-37(34-51(39)57-56(49)50)53-43-23-8-10-25-45(43)54(46-26-11-9-24-44(46)53)40-29-14-19-35-16-4-5-20-38(35)40/h1-34H. The van der Waals surface area contributed by atoms with E-state index in [4.69, 9.17) is 0 Å². The molecular formula is C56H34Se. The van der Waals surface area contributed by atoms with Gasteiger partial charge >= 0.3 is 338 Å². The Hall–Kier alpha value is -6.76. The maximum atomic E-state index is 2.51. The van der Waals surface area contributed by atoms with Gasteiger partial charge < -0.3 is 0 Å². The summed E-state index contributed by atoms with van der Waals surface area (Å²) in [5.74, 6) is 0. The Bertz CT molecular complexity index is 3450. The number of fused-ring (bicyclic) bond motifs is 8. The molecule has 0 amide bonds. The Balaban J connectivity index is 1.11. The van der Waals surface area contributed by atoms with Crippen molar-refractivity contribution in [3.05, 3.63) is 206 Å². The number of hydrogen-bond donors (Lipinski definition) is 0. The predicted molar refractivity (Wildman–Crippen MR) is 248 cm³/mol. The molecule has 57 heavy (non-hydrogen) atoms. The second-order valence-corrected chi connectivity index (χ2v) is 17.3. The van der Waals surface area contributed by atoms with Crippen LogP contribution in [-0.4, -0.2) is 14.5 Å². The Kier molecular flexibility index (Phi) is 7.35. The summed E-state index contributed by atoms with van der Waals surface area (Å²) < 4.78 is 2.92. The third-order valence-electron chi connectivity index (χ3n) is 12.0. The fourth-order valence-corrected chi connectivity index (χ4v) is 12.3. The molecule has 0 aliphatic rings. The van der Waals surface area contributed by atoms with Gasteiger partial charge in [0, 0.05) is 0 Å². The van der Waals surface area contributed by atoms with Crippen LogP contribution in [0.4, 0.5) is 0 Å². The van der Waals surface area contributed by atoms with Crippen LogP contribution in [0.15, 0.2) is 206 Å². The van der Waals surface area contributed by atoms with Crippen LogP contribution in [0.1, 0.15) is 0 Å². The first-order valence-electron chi connectivity index (χ1n) is 19.7. The van der Waals surface area contributed by atoms with E-state index in [0.29, 0.717) is 0 Å². The molecule has 0 aliphatic heterocycles. The van der Waals surface area contributed by atoms with E-state index in [2.05, 4.69) is 206 Å². The predicted octanol–water partition coefficient (Wildman–Crippen LogP) is 15.5. The second kappa shape index (κ2) is 12.9. The van der Waals surface area contributed by atoms with E-state index in [0.717, 1.165) is 0 Å². The Morgan fingerprint density at radius 3 is 1.26 bits per heavy atom. The Labute approximate surface area is 336 Å². The molecule has 12 rings (SSSR count).